The highest BCUT2D eigenvalue weighted by atomic mass is 16.5. The summed E-state index contributed by atoms with van der Waals surface area (Å²) in [5, 5.41) is 7.71. The van der Waals surface area contributed by atoms with Crippen LogP contribution in [-0.4, -0.2) is 42.3 Å². The number of amides is 1. The van der Waals surface area contributed by atoms with E-state index >= 15 is 0 Å². The van der Waals surface area contributed by atoms with Gasteiger partial charge in [0.05, 0.1) is 20.8 Å². The number of hydrogen-bond acceptors (Lipinski definition) is 6. The fourth-order valence-electron chi connectivity index (χ4n) is 2.74. The van der Waals surface area contributed by atoms with Crippen LogP contribution in [0.2, 0.25) is 0 Å². The maximum absolute atomic E-state index is 12.8. The van der Waals surface area contributed by atoms with Crippen LogP contribution >= 0.6 is 0 Å². The summed E-state index contributed by atoms with van der Waals surface area (Å²) in [5.74, 6) is 2.03. The average molecular weight is 367 g/mol. The fraction of sp³-hybridized carbons (Fsp3) is 0.250. The van der Waals surface area contributed by atoms with Crippen molar-refractivity contribution in [1.29, 1.82) is 0 Å². The van der Waals surface area contributed by atoms with Gasteiger partial charge in [-0.05, 0) is 35.4 Å². The maximum Gasteiger partial charge on any atom is 0.254 e. The van der Waals surface area contributed by atoms with E-state index in [9.17, 15) is 4.79 Å². The molecule has 7 nitrogen and oxygen atoms in total. The van der Waals surface area contributed by atoms with Crippen LogP contribution in [0, 0.1) is 6.92 Å². The highest BCUT2D eigenvalue weighted by Crippen LogP contribution is 2.32. The molecule has 2 aromatic carbocycles. The number of carbonyl (C=O) groups excluding carboxylic acids is 1. The maximum atomic E-state index is 12.8. The van der Waals surface area contributed by atoms with Gasteiger partial charge >= 0.3 is 0 Å². The predicted octanol–water partition coefficient (Wildman–Crippen LogP) is 3.33. The van der Waals surface area contributed by atoms with Crippen LogP contribution in [0.1, 0.15) is 22.1 Å². The molecule has 0 fully saturated rings. The van der Waals surface area contributed by atoms with Gasteiger partial charge in [0.2, 0.25) is 11.8 Å². The molecule has 0 aliphatic rings. The van der Waals surface area contributed by atoms with E-state index in [1.165, 1.54) is 0 Å². The minimum atomic E-state index is -0.131. The second kappa shape index (κ2) is 7.90. The van der Waals surface area contributed by atoms with E-state index in [4.69, 9.17) is 13.9 Å². The third kappa shape index (κ3) is 4.08. The van der Waals surface area contributed by atoms with Crippen molar-refractivity contribution in [3.05, 3.63) is 59.8 Å². The molecule has 1 aromatic heterocycles. The number of rotatable bonds is 6. The molecule has 0 unspecified atom stereocenters. The molecule has 1 heterocycles. The third-order valence-corrected chi connectivity index (χ3v) is 4.11. The van der Waals surface area contributed by atoms with Crippen LogP contribution in [0.3, 0.4) is 0 Å². The monoisotopic (exact) mass is 367 g/mol. The van der Waals surface area contributed by atoms with Crippen LogP contribution in [0.4, 0.5) is 0 Å². The summed E-state index contributed by atoms with van der Waals surface area (Å²) in [6.07, 6.45) is 0. The summed E-state index contributed by atoms with van der Waals surface area (Å²) in [5.41, 5.74) is 2.40. The molecule has 0 saturated carbocycles. The molecule has 7 heteroatoms. The summed E-state index contributed by atoms with van der Waals surface area (Å²) >= 11 is 0. The van der Waals surface area contributed by atoms with Gasteiger partial charge in [-0.1, -0.05) is 18.2 Å². The highest BCUT2D eigenvalue weighted by molar-refractivity contribution is 5.95. The molecule has 140 valence electrons. The molecule has 0 bridgehead atoms. The zero-order valence-corrected chi connectivity index (χ0v) is 15.7. The first-order valence-corrected chi connectivity index (χ1v) is 8.38. The number of benzene rings is 2. The zero-order valence-electron chi connectivity index (χ0n) is 15.7. The van der Waals surface area contributed by atoms with Crippen molar-refractivity contribution in [2.45, 2.75) is 13.5 Å². The van der Waals surface area contributed by atoms with E-state index in [0.29, 0.717) is 28.8 Å². The van der Waals surface area contributed by atoms with Crippen molar-refractivity contribution in [2.75, 3.05) is 21.3 Å². The van der Waals surface area contributed by atoms with Gasteiger partial charge in [0.1, 0.15) is 0 Å². The van der Waals surface area contributed by atoms with Gasteiger partial charge in [0.25, 0.3) is 5.91 Å². The predicted molar refractivity (Wildman–Crippen MR) is 99.8 cm³/mol. The Kier molecular flexibility index (Phi) is 5.40. The zero-order chi connectivity index (χ0) is 19.4. The van der Waals surface area contributed by atoms with Crippen LogP contribution < -0.4 is 9.47 Å². The number of methoxy groups -OCH3 is 2. The summed E-state index contributed by atoms with van der Waals surface area (Å²) in [6, 6.07) is 13.1. The Bertz CT molecular complexity index is 952. The summed E-state index contributed by atoms with van der Waals surface area (Å²) in [4.78, 5) is 14.3. The molecule has 0 N–H and O–H groups in total. The van der Waals surface area contributed by atoms with E-state index in [1.54, 1.807) is 39.2 Å². The van der Waals surface area contributed by atoms with E-state index in [1.807, 2.05) is 36.4 Å². The molecule has 0 saturated heterocycles. The van der Waals surface area contributed by atoms with Crippen molar-refractivity contribution in [3.63, 3.8) is 0 Å². The minimum absolute atomic E-state index is 0.131. The smallest absolute Gasteiger partial charge is 0.254 e. The van der Waals surface area contributed by atoms with Gasteiger partial charge in [-0.25, -0.2) is 0 Å². The number of carbonyl (C=O) groups is 1. The third-order valence-electron chi connectivity index (χ3n) is 4.11. The van der Waals surface area contributed by atoms with Crippen LogP contribution in [-0.2, 0) is 6.54 Å². The van der Waals surface area contributed by atoms with Crippen molar-refractivity contribution < 1.29 is 18.7 Å². The largest absolute Gasteiger partial charge is 0.493 e. The van der Waals surface area contributed by atoms with Gasteiger partial charge in [0.15, 0.2) is 11.5 Å². The minimum Gasteiger partial charge on any atom is -0.493 e. The Labute approximate surface area is 157 Å². The quantitative estimate of drug-likeness (QED) is 0.665. The summed E-state index contributed by atoms with van der Waals surface area (Å²) in [7, 11) is 4.89. The second-order valence-corrected chi connectivity index (χ2v) is 6.03. The molecule has 1 amide bonds. The normalized spacial score (nSPS) is 10.5. The standard InChI is InChI=1S/C20H21N3O4/c1-13-21-22-19(27-13)12-23(2)20(24)16-7-5-6-14(10-16)15-8-9-17(25-3)18(11-15)26-4/h5-11H,12H2,1-4H3. The van der Waals surface area contributed by atoms with Gasteiger partial charge in [0, 0.05) is 19.5 Å². The SMILES string of the molecule is COc1ccc(-c2cccc(C(=O)N(C)Cc3nnc(C)o3)c2)cc1OC. The summed E-state index contributed by atoms with van der Waals surface area (Å²) in [6.45, 7) is 1.96. The molecule has 0 spiro atoms. The topological polar surface area (TPSA) is 77.7 Å². The Morgan fingerprint density at radius 2 is 1.78 bits per heavy atom. The van der Waals surface area contributed by atoms with Crippen molar-refractivity contribution >= 4 is 5.91 Å². The number of hydrogen-bond donors (Lipinski definition) is 0. The van der Waals surface area contributed by atoms with Crippen molar-refractivity contribution in [3.8, 4) is 22.6 Å². The second-order valence-electron chi connectivity index (χ2n) is 6.03. The molecule has 0 aliphatic heterocycles. The number of nitrogens with zero attached hydrogens (tertiary/aromatic N) is 3. The lowest BCUT2D eigenvalue weighted by Crippen LogP contribution is -2.26. The Balaban J connectivity index is 1.83. The Hall–Kier alpha value is -3.35. The lowest BCUT2D eigenvalue weighted by Gasteiger charge is -2.16. The van der Waals surface area contributed by atoms with Gasteiger partial charge < -0.3 is 18.8 Å². The van der Waals surface area contributed by atoms with Crippen LogP contribution in [0.15, 0.2) is 46.9 Å². The first-order valence-electron chi connectivity index (χ1n) is 8.38. The number of aromatic nitrogens is 2. The molecular formula is C20H21N3O4. The first-order chi connectivity index (χ1) is 13.0. The number of aryl methyl sites for hydroxylation is 1. The van der Waals surface area contributed by atoms with Crippen molar-refractivity contribution in [1.82, 2.24) is 15.1 Å². The van der Waals surface area contributed by atoms with Crippen LogP contribution in [0.25, 0.3) is 11.1 Å². The number of ether oxygens (including phenoxy) is 2. The molecule has 0 atom stereocenters. The van der Waals surface area contributed by atoms with Gasteiger partial charge in [-0.2, -0.15) is 0 Å². The first kappa shape index (κ1) is 18.4. The molecule has 3 aromatic rings. The molecule has 0 radical (unpaired) electrons. The Morgan fingerprint density at radius 1 is 1.04 bits per heavy atom. The molecular weight excluding hydrogens is 346 g/mol. The van der Waals surface area contributed by atoms with Gasteiger partial charge in [-0.3, -0.25) is 4.79 Å². The Morgan fingerprint density at radius 3 is 2.44 bits per heavy atom. The van der Waals surface area contributed by atoms with E-state index < -0.39 is 0 Å². The van der Waals surface area contributed by atoms with Crippen molar-refractivity contribution in [2.24, 2.45) is 0 Å². The van der Waals surface area contributed by atoms with E-state index in [0.717, 1.165) is 11.1 Å². The van der Waals surface area contributed by atoms with Crippen LogP contribution in [0.5, 0.6) is 11.5 Å². The fourth-order valence-corrected chi connectivity index (χ4v) is 2.74. The summed E-state index contributed by atoms with van der Waals surface area (Å²) < 4.78 is 16.0. The highest BCUT2D eigenvalue weighted by Gasteiger charge is 2.16. The molecule has 27 heavy (non-hydrogen) atoms. The molecule has 0 aliphatic carbocycles. The molecule has 3 rings (SSSR count). The lowest BCUT2D eigenvalue weighted by molar-refractivity contribution is 0.0772. The van der Waals surface area contributed by atoms with E-state index in [2.05, 4.69) is 10.2 Å². The van der Waals surface area contributed by atoms with E-state index in [-0.39, 0.29) is 12.5 Å². The van der Waals surface area contributed by atoms with Gasteiger partial charge in [-0.15, -0.1) is 10.2 Å². The average Bonchev–Trinajstić information content (AvgIpc) is 3.11. The lowest BCUT2D eigenvalue weighted by atomic mass is 10.0.